The smallest absolute Gasteiger partial charge is 0.0402 e. The van der Waals surface area contributed by atoms with Gasteiger partial charge in [-0.3, -0.25) is 11.3 Å². The van der Waals surface area contributed by atoms with Gasteiger partial charge in [0.1, 0.15) is 0 Å². The first kappa shape index (κ1) is 13.7. The predicted molar refractivity (Wildman–Crippen MR) is 76.0 cm³/mol. The van der Waals surface area contributed by atoms with Crippen LogP contribution in [0.5, 0.6) is 0 Å². The van der Waals surface area contributed by atoms with Crippen LogP contribution in [-0.4, -0.2) is 42.1 Å². The van der Waals surface area contributed by atoms with Gasteiger partial charge in [-0.2, -0.15) is 11.8 Å². The molecule has 3 nitrogen and oxygen atoms in total. The molecule has 0 spiro atoms. The molecule has 0 aromatic heterocycles. The van der Waals surface area contributed by atoms with Crippen molar-refractivity contribution >= 4 is 11.8 Å². The van der Waals surface area contributed by atoms with Gasteiger partial charge in [-0.25, -0.2) is 0 Å². The second-order valence-corrected chi connectivity index (χ2v) is 6.72. The number of hydrogen-bond acceptors (Lipinski definition) is 4. The largest absolute Gasteiger partial charge is 0.300 e. The van der Waals surface area contributed by atoms with Crippen LogP contribution in [0.2, 0.25) is 0 Å². The maximum atomic E-state index is 5.86. The van der Waals surface area contributed by atoms with Crippen LogP contribution in [-0.2, 0) is 0 Å². The van der Waals surface area contributed by atoms with Gasteiger partial charge in [-0.15, -0.1) is 0 Å². The SMILES string of the molecule is CN1CCSCC1C(NN)C1CCCCCC1. The van der Waals surface area contributed by atoms with Crippen molar-refractivity contribution in [1.29, 1.82) is 0 Å². The van der Waals surface area contributed by atoms with Crippen LogP contribution >= 0.6 is 11.8 Å². The molecule has 0 amide bonds. The molecule has 2 unspecified atom stereocenters. The normalized spacial score (nSPS) is 31.1. The Bertz CT molecular complexity index is 217. The molecule has 2 atom stereocenters. The molecule has 4 heteroatoms. The molecule has 100 valence electrons. The van der Waals surface area contributed by atoms with Crippen molar-refractivity contribution in [1.82, 2.24) is 10.3 Å². The fourth-order valence-electron chi connectivity index (χ4n) is 3.31. The third-order valence-electron chi connectivity index (χ3n) is 4.46. The van der Waals surface area contributed by atoms with Crippen LogP contribution in [0.4, 0.5) is 0 Å². The highest BCUT2D eigenvalue weighted by atomic mass is 32.2. The summed E-state index contributed by atoms with van der Waals surface area (Å²) in [5, 5.41) is 0. The Morgan fingerprint density at radius 1 is 1.24 bits per heavy atom. The van der Waals surface area contributed by atoms with Crippen molar-refractivity contribution in [3.63, 3.8) is 0 Å². The van der Waals surface area contributed by atoms with E-state index in [0.29, 0.717) is 12.1 Å². The summed E-state index contributed by atoms with van der Waals surface area (Å²) in [4.78, 5) is 2.51. The summed E-state index contributed by atoms with van der Waals surface area (Å²) in [5.74, 6) is 9.16. The van der Waals surface area contributed by atoms with Gasteiger partial charge in [0, 0.05) is 30.1 Å². The first-order chi connectivity index (χ1) is 8.33. The molecule has 2 rings (SSSR count). The van der Waals surface area contributed by atoms with Crippen LogP contribution in [0.1, 0.15) is 38.5 Å². The standard InChI is InChI=1S/C13H27N3S/c1-16-8-9-17-10-12(16)13(15-14)11-6-4-2-3-5-7-11/h11-13,15H,2-10,14H2,1H3. The zero-order valence-corrected chi connectivity index (χ0v) is 11.8. The Morgan fingerprint density at radius 3 is 2.53 bits per heavy atom. The highest BCUT2D eigenvalue weighted by Crippen LogP contribution is 2.30. The lowest BCUT2D eigenvalue weighted by atomic mass is 9.87. The minimum Gasteiger partial charge on any atom is -0.300 e. The minimum atomic E-state index is 0.492. The van der Waals surface area contributed by atoms with Gasteiger partial charge in [0.25, 0.3) is 0 Å². The summed E-state index contributed by atoms with van der Waals surface area (Å²) < 4.78 is 0. The van der Waals surface area contributed by atoms with Gasteiger partial charge in [0.2, 0.25) is 0 Å². The Kier molecular flexibility index (Phi) is 5.60. The molecule has 1 saturated carbocycles. The van der Waals surface area contributed by atoms with Gasteiger partial charge in [0.05, 0.1) is 0 Å². The van der Waals surface area contributed by atoms with Crippen LogP contribution in [0.3, 0.4) is 0 Å². The fourth-order valence-corrected chi connectivity index (χ4v) is 4.60. The number of likely N-dealkylation sites (N-methyl/N-ethyl adjacent to an activating group) is 1. The summed E-state index contributed by atoms with van der Waals surface area (Å²) in [5.41, 5.74) is 3.14. The number of nitrogens with one attached hydrogen (secondary N) is 1. The van der Waals surface area contributed by atoms with Crippen molar-refractivity contribution in [2.24, 2.45) is 11.8 Å². The lowest BCUT2D eigenvalue weighted by molar-refractivity contribution is 0.165. The molecule has 0 aromatic carbocycles. The highest BCUT2D eigenvalue weighted by molar-refractivity contribution is 7.99. The Hall–Kier alpha value is 0.230. The maximum absolute atomic E-state index is 5.86. The van der Waals surface area contributed by atoms with Gasteiger partial charge in [0.15, 0.2) is 0 Å². The molecular weight excluding hydrogens is 230 g/mol. The van der Waals surface area contributed by atoms with E-state index < -0.39 is 0 Å². The number of hydrazine groups is 1. The molecule has 0 bridgehead atoms. The zero-order valence-electron chi connectivity index (χ0n) is 11.0. The zero-order chi connectivity index (χ0) is 12.1. The molecule has 1 aliphatic heterocycles. The summed E-state index contributed by atoms with van der Waals surface area (Å²) in [6.45, 7) is 1.21. The third kappa shape index (κ3) is 3.60. The van der Waals surface area contributed by atoms with Gasteiger partial charge < -0.3 is 4.90 Å². The second-order valence-electron chi connectivity index (χ2n) is 5.57. The van der Waals surface area contributed by atoms with Crippen LogP contribution in [0.15, 0.2) is 0 Å². The number of nitrogens with two attached hydrogens (primary N) is 1. The molecule has 1 heterocycles. The minimum absolute atomic E-state index is 0.492. The van der Waals surface area contributed by atoms with E-state index in [9.17, 15) is 0 Å². The van der Waals surface area contributed by atoms with Crippen LogP contribution in [0, 0.1) is 5.92 Å². The molecule has 3 N–H and O–H groups in total. The van der Waals surface area contributed by atoms with E-state index in [1.165, 1.54) is 56.6 Å². The first-order valence-corrected chi connectivity index (χ1v) is 8.22. The van der Waals surface area contributed by atoms with Crippen molar-refractivity contribution < 1.29 is 0 Å². The lowest BCUT2D eigenvalue weighted by Crippen LogP contribution is -2.57. The molecule has 2 fully saturated rings. The summed E-state index contributed by atoms with van der Waals surface area (Å²) in [6, 6.07) is 1.12. The maximum Gasteiger partial charge on any atom is 0.0402 e. The van der Waals surface area contributed by atoms with E-state index in [1.807, 2.05) is 0 Å². The summed E-state index contributed by atoms with van der Waals surface area (Å²) in [6.07, 6.45) is 8.36. The number of rotatable bonds is 3. The topological polar surface area (TPSA) is 41.3 Å². The predicted octanol–water partition coefficient (Wildman–Crippen LogP) is 1.84. The lowest BCUT2D eigenvalue weighted by Gasteiger charge is -2.40. The molecule has 2 aliphatic rings. The molecule has 0 aromatic rings. The van der Waals surface area contributed by atoms with Crippen molar-refractivity contribution in [2.45, 2.75) is 50.6 Å². The van der Waals surface area contributed by atoms with Crippen molar-refractivity contribution in [2.75, 3.05) is 25.1 Å². The van der Waals surface area contributed by atoms with Crippen LogP contribution < -0.4 is 11.3 Å². The van der Waals surface area contributed by atoms with Crippen molar-refractivity contribution in [3.05, 3.63) is 0 Å². The van der Waals surface area contributed by atoms with E-state index in [1.54, 1.807) is 0 Å². The molecule has 0 radical (unpaired) electrons. The quantitative estimate of drug-likeness (QED) is 0.460. The third-order valence-corrected chi connectivity index (χ3v) is 5.51. The van der Waals surface area contributed by atoms with E-state index in [-0.39, 0.29) is 0 Å². The summed E-state index contributed by atoms with van der Waals surface area (Å²) in [7, 11) is 2.26. The monoisotopic (exact) mass is 257 g/mol. The highest BCUT2D eigenvalue weighted by Gasteiger charge is 2.33. The number of thioether (sulfide) groups is 1. The molecule has 17 heavy (non-hydrogen) atoms. The van der Waals surface area contributed by atoms with Gasteiger partial charge in [-0.05, 0) is 25.8 Å². The van der Waals surface area contributed by atoms with E-state index >= 15 is 0 Å². The number of nitrogens with zero attached hydrogens (tertiary/aromatic N) is 1. The van der Waals surface area contributed by atoms with Gasteiger partial charge >= 0.3 is 0 Å². The van der Waals surface area contributed by atoms with E-state index in [2.05, 4.69) is 29.1 Å². The fraction of sp³-hybridized carbons (Fsp3) is 1.00. The average molecular weight is 257 g/mol. The number of hydrogen-bond donors (Lipinski definition) is 2. The van der Waals surface area contributed by atoms with Crippen LogP contribution in [0.25, 0.3) is 0 Å². The Balaban J connectivity index is 1.97. The average Bonchev–Trinajstić information content (AvgIpc) is 2.62. The molecule has 1 aliphatic carbocycles. The molecular formula is C13H27N3S. The molecule has 1 saturated heterocycles. The Labute approximate surface area is 110 Å². The Morgan fingerprint density at radius 2 is 1.94 bits per heavy atom. The van der Waals surface area contributed by atoms with Gasteiger partial charge in [-0.1, -0.05) is 25.7 Å². The second kappa shape index (κ2) is 6.98. The first-order valence-electron chi connectivity index (χ1n) is 7.07. The van der Waals surface area contributed by atoms with E-state index in [0.717, 1.165) is 5.92 Å². The summed E-state index contributed by atoms with van der Waals surface area (Å²) >= 11 is 2.08. The van der Waals surface area contributed by atoms with E-state index in [4.69, 9.17) is 5.84 Å². The van der Waals surface area contributed by atoms with Crippen molar-refractivity contribution in [3.8, 4) is 0 Å².